The number of nitrogens with one attached hydrogen (secondary N) is 2. The first kappa shape index (κ1) is 21.9. The molecule has 32 heavy (non-hydrogen) atoms. The van der Waals surface area contributed by atoms with Crippen molar-refractivity contribution in [2.24, 2.45) is 11.5 Å². The monoisotopic (exact) mass is 447 g/mol. The molecule has 1 saturated carbocycles. The molecule has 2 atom stereocenters. The number of primary amides is 1. The maximum Gasteiger partial charge on any atom is 0.257 e. The van der Waals surface area contributed by atoms with Gasteiger partial charge in [-0.2, -0.15) is 5.10 Å². The zero-order chi connectivity index (χ0) is 22.8. The smallest absolute Gasteiger partial charge is 0.257 e. The summed E-state index contributed by atoms with van der Waals surface area (Å²) in [5.41, 5.74) is 12.4. The summed E-state index contributed by atoms with van der Waals surface area (Å²) < 4.78 is 41.5. The van der Waals surface area contributed by atoms with Crippen molar-refractivity contribution in [3.8, 4) is 0 Å². The van der Waals surface area contributed by atoms with E-state index in [-0.39, 0.29) is 29.3 Å². The summed E-state index contributed by atoms with van der Waals surface area (Å²) in [7, 11) is 0. The van der Waals surface area contributed by atoms with Crippen LogP contribution < -0.4 is 22.1 Å². The molecule has 1 aromatic carbocycles. The van der Waals surface area contributed by atoms with Crippen molar-refractivity contribution in [3.63, 3.8) is 0 Å². The molecular weight excluding hydrogens is 423 g/mol. The lowest BCUT2D eigenvalue weighted by Crippen LogP contribution is -2.43. The largest absolute Gasteiger partial charge is 0.365 e. The Hall–Kier alpha value is -3.34. The average molecular weight is 447 g/mol. The van der Waals surface area contributed by atoms with Crippen LogP contribution in [0.15, 0.2) is 30.5 Å². The van der Waals surface area contributed by atoms with Crippen molar-refractivity contribution in [3.05, 3.63) is 41.8 Å². The Labute approximate surface area is 182 Å². The first-order valence-corrected chi connectivity index (χ1v) is 10.3. The van der Waals surface area contributed by atoms with Gasteiger partial charge in [0.25, 0.3) is 12.3 Å². The third-order valence-corrected chi connectivity index (χ3v) is 5.60. The molecule has 1 amide bonds. The highest BCUT2D eigenvalue weighted by Gasteiger charge is 2.24. The Morgan fingerprint density at radius 2 is 2.00 bits per heavy atom. The third-order valence-electron chi connectivity index (χ3n) is 5.60. The lowest BCUT2D eigenvalue weighted by Gasteiger charge is -2.30. The number of alkyl halides is 2. The van der Waals surface area contributed by atoms with Crippen LogP contribution >= 0.6 is 0 Å². The Balaban J connectivity index is 1.66. The molecule has 0 aliphatic heterocycles. The Bertz CT molecular complexity index is 1130. The van der Waals surface area contributed by atoms with Gasteiger partial charge in [-0.05, 0) is 37.1 Å². The van der Waals surface area contributed by atoms with Crippen molar-refractivity contribution in [1.82, 2.24) is 14.8 Å². The number of amides is 1. The molecule has 1 aliphatic rings. The standard InChI is InChI=1S/C21H24F3N7O/c22-14-8-13(19(26)32)20(30-21(14)29-16-4-2-1-3-15(16)25)28-12-6-5-11-9-27-31(10-18(23)24)17(11)7-12/h5-9,15-16,18H,1-4,10,25H2,(H2,26,32)(H2,28,29,30). The maximum absolute atomic E-state index is 14.7. The molecule has 11 heteroatoms. The normalized spacial score (nSPS) is 18.8. The Morgan fingerprint density at radius 3 is 2.72 bits per heavy atom. The second kappa shape index (κ2) is 9.03. The van der Waals surface area contributed by atoms with Crippen LogP contribution in [0.2, 0.25) is 0 Å². The third kappa shape index (κ3) is 4.62. The summed E-state index contributed by atoms with van der Waals surface area (Å²) in [4.78, 5) is 16.2. The molecule has 4 rings (SSSR count). The summed E-state index contributed by atoms with van der Waals surface area (Å²) in [6.07, 6.45) is 2.54. The number of halogens is 3. The first-order chi connectivity index (χ1) is 15.3. The van der Waals surface area contributed by atoms with E-state index in [2.05, 4.69) is 20.7 Å². The zero-order valence-electron chi connectivity index (χ0n) is 17.2. The predicted molar refractivity (Wildman–Crippen MR) is 116 cm³/mol. The maximum atomic E-state index is 14.7. The highest BCUT2D eigenvalue weighted by molar-refractivity contribution is 5.99. The average Bonchev–Trinajstić information content (AvgIpc) is 3.13. The number of benzene rings is 1. The Kier molecular flexibility index (Phi) is 6.17. The lowest BCUT2D eigenvalue weighted by atomic mass is 9.91. The van der Waals surface area contributed by atoms with Gasteiger partial charge in [0.2, 0.25) is 0 Å². The van der Waals surface area contributed by atoms with Crippen LogP contribution in [0, 0.1) is 5.82 Å². The van der Waals surface area contributed by atoms with E-state index < -0.39 is 24.7 Å². The van der Waals surface area contributed by atoms with Gasteiger partial charge in [-0.15, -0.1) is 0 Å². The molecule has 0 bridgehead atoms. The van der Waals surface area contributed by atoms with Crippen LogP contribution in [0.5, 0.6) is 0 Å². The van der Waals surface area contributed by atoms with Crippen molar-refractivity contribution in [2.75, 3.05) is 10.6 Å². The zero-order valence-corrected chi connectivity index (χ0v) is 17.2. The van der Waals surface area contributed by atoms with E-state index in [0.717, 1.165) is 31.7 Å². The fraction of sp³-hybridized carbons (Fsp3) is 0.381. The fourth-order valence-corrected chi connectivity index (χ4v) is 3.95. The molecule has 3 aromatic rings. The minimum absolute atomic E-state index is 0.0383. The van der Waals surface area contributed by atoms with Gasteiger partial charge in [0, 0.05) is 23.2 Å². The van der Waals surface area contributed by atoms with Gasteiger partial charge in [-0.1, -0.05) is 12.8 Å². The minimum Gasteiger partial charge on any atom is -0.365 e. The number of aromatic nitrogens is 3. The molecule has 1 aliphatic carbocycles. The summed E-state index contributed by atoms with van der Waals surface area (Å²) in [5, 5.41) is 10.6. The summed E-state index contributed by atoms with van der Waals surface area (Å²) in [5.74, 6) is -1.56. The quantitative estimate of drug-likeness (QED) is 0.440. The highest BCUT2D eigenvalue weighted by Crippen LogP contribution is 2.28. The van der Waals surface area contributed by atoms with Crippen LogP contribution in [-0.2, 0) is 6.54 Å². The van der Waals surface area contributed by atoms with Crippen LogP contribution in [0.1, 0.15) is 36.0 Å². The number of nitrogens with two attached hydrogens (primary N) is 2. The number of hydrogen-bond acceptors (Lipinski definition) is 6. The van der Waals surface area contributed by atoms with Gasteiger partial charge in [-0.3, -0.25) is 9.48 Å². The first-order valence-electron chi connectivity index (χ1n) is 10.3. The molecule has 170 valence electrons. The van der Waals surface area contributed by atoms with Gasteiger partial charge in [0.05, 0.1) is 17.3 Å². The fourth-order valence-electron chi connectivity index (χ4n) is 3.95. The van der Waals surface area contributed by atoms with E-state index in [4.69, 9.17) is 11.5 Å². The van der Waals surface area contributed by atoms with E-state index in [1.807, 2.05) is 0 Å². The highest BCUT2D eigenvalue weighted by atomic mass is 19.3. The van der Waals surface area contributed by atoms with E-state index in [1.54, 1.807) is 18.2 Å². The van der Waals surface area contributed by atoms with Crippen molar-refractivity contribution < 1.29 is 18.0 Å². The molecule has 6 N–H and O–H groups in total. The second-order valence-electron chi connectivity index (χ2n) is 7.89. The van der Waals surface area contributed by atoms with Gasteiger partial charge < -0.3 is 22.1 Å². The summed E-state index contributed by atoms with van der Waals surface area (Å²) >= 11 is 0. The van der Waals surface area contributed by atoms with E-state index in [0.29, 0.717) is 16.6 Å². The second-order valence-corrected chi connectivity index (χ2v) is 7.89. The van der Waals surface area contributed by atoms with E-state index in [9.17, 15) is 18.0 Å². The molecule has 1 fully saturated rings. The predicted octanol–water partition coefficient (Wildman–Crippen LogP) is 3.36. The van der Waals surface area contributed by atoms with E-state index >= 15 is 0 Å². The topological polar surface area (TPSA) is 124 Å². The number of carbonyl (C=O) groups excluding carboxylic acids is 1. The van der Waals surface area contributed by atoms with Gasteiger partial charge in [0.1, 0.15) is 12.4 Å². The van der Waals surface area contributed by atoms with Crippen LogP contribution in [-0.4, -0.2) is 39.2 Å². The van der Waals surface area contributed by atoms with Crippen LogP contribution in [0.3, 0.4) is 0 Å². The molecule has 2 unspecified atom stereocenters. The number of anilines is 3. The number of pyridine rings is 1. The number of nitrogens with zero attached hydrogens (tertiary/aromatic N) is 3. The molecule has 2 aromatic heterocycles. The number of rotatable bonds is 7. The molecular formula is C21H24F3N7O. The van der Waals surface area contributed by atoms with Gasteiger partial charge >= 0.3 is 0 Å². The van der Waals surface area contributed by atoms with Crippen molar-refractivity contribution >= 4 is 34.1 Å². The van der Waals surface area contributed by atoms with Crippen LogP contribution in [0.4, 0.5) is 30.5 Å². The molecule has 0 spiro atoms. The van der Waals surface area contributed by atoms with Gasteiger partial charge in [0.15, 0.2) is 11.6 Å². The Morgan fingerprint density at radius 1 is 1.22 bits per heavy atom. The number of carbonyl (C=O) groups is 1. The summed E-state index contributed by atoms with van der Waals surface area (Å²) in [6.45, 7) is -0.552. The molecule has 8 nitrogen and oxygen atoms in total. The SMILES string of the molecule is NC(=O)c1cc(F)c(NC2CCCCC2N)nc1Nc1ccc2cnn(CC(F)F)c2c1. The molecule has 0 saturated heterocycles. The van der Waals surface area contributed by atoms with Gasteiger partial charge in [-0.25, -0.2) is 18.2 Å². The molecule has 0 radical (unpaired) electrons. The lowest BCUT2D eigenvalue weighted by molar-refractivity contribution is 0.1000. The molecule has 2 heterocycles. The van der Waals surface area contributed by atoms with Crippen molar-refractivity contribution in [1.29, 1.82) is 0 Å². The summed E-state index contributed by atoms with van der Waals surface area (Å²) in [6, 6.07) is 5.73. The number of fused-ring (bicyclic) bond motifs is 1. The van der Waals surface area contributed by atoms with Crippen molar-refractivity contribution in [2.45, 2.75) is 50.7 Å². The minimum atomic E-state index is -2.56. The number of hydrogen-bond donors (Lipinski definition) is 4. The van der Waals surface area contributed by atoms with E-state index in [1.165, 1.54) is 10.9 Å². The van der Waals surface area contributed by atoms with Crippen LogP contribution in [0.25, 0.3) is 10.9 Å².